The van der Waals surface area contributed by atoms with Gasteiger partial charge in [-0.2, -0.15) is 0 Å². The Labute approximate surface area is 105 Å². The zero-order chi connectivity index (χ0) is 13.1. The summed E-state index contributed by atoms with van der Waals surface area (Å²) in [7, 11) is 0. The fourth-order valence-electron chi connectivity index (χ4n) is 2.51. The Hall–Kier alpha value is -1.65. The lowest BCUT2D eigenvalue weighted by atomic mass is 9.99. The summed E-state index contributed by atoms with van der Waals surface area (Å²) >= 11 is 0. The third-order valence-electron chi connectivity index (χ3n) is 3.56. The lowest BCUT2D eigenvalue weighted by Crippen LogP contribution is -2.25. The number of nitrogens with one attached hydrogen (secondary N) is 1. The van der Waals surface area contributed by atoms with Crippen molar-refractivity contribution in [3.05, 3.63) is 23.6 Å². The molecule has 1 aliphatic carbocycles. The van der Waals surface area contributed by atoms with Gasteiger partial charge in [0.25, 0.3) is 0 Å². The number of halogens is 1. The van der Waals surface area contributed by atoms with Crippen LogP contribution in [0.15, 0.2) is 12.3 Å². The summed E-state index contributed by atoms with van der Waals surface area (Å²) in [6.07, 6.45) is 5.78. The lowest BCUT2D eigenvalue weighted by Gasteiger charge is -2.21. The molecule has 0 radical (unpaired) electrons. The average Bonchev–Trinajstić information content (AvgIpc) is 2.84. The number of carbonyl (C=O) groups is 1. The van der Waals surface area contributed by atoms with Crippen molar-refractivity contribution in [2.75, 3.05) is 5.32 Å². The number of rotatable bonds is 4. The number of hydrogen-bond donors (Lipinski definition) is 2. The van der Waals surface area contributed by atoms with Crippen molar-refractivity contribution in [3.8, 4) is 0 Å². The second-order valence-corrected chi connectivity index (χ2v) is 4.83. The molecule has 1 unspecified atom stereocenters. The van der Waals surface area contributed by atoms with Crippen molar-refractivity contribution in [1.82, 2.24) is 4.98 Å². The van der Waals surface area contributed by atoms with Gasteiger partial charge < -0.3 is 10.4 Å². The van der Waals surface area contributed by atoms with Gasteiger partial charge in [0.2, 0.25) is 0 Å². The second kappa shape index (κ2) is 5.33. The summed E-state index contributed by atoms with van der Waals surface area (Å²) in [5.41, 5.74) is -0.111. The number of pyridine rings is 1. The molecule has 1 aromatic rings. The van der Waals surface area contributed by atoms with Crippen LogP contribution in [0.2, 0.25) is 0 Å². The van der Waals surface area contributed by atoms with Gasteiger partial charge in [-0.15, -0.1) is 0 Å². The smallest absolute Gasteiger partial charge is 0.339 e. The van der Waals surface area contributed by atoms with Gasteiger partial charge in [0, 0.05) is 6.04 Å². The van der Waals surface area contributed by atoms with Gasteiger partial charge in [-0.05, 0) is 31.7 Å². The van der Waals surface area contributed by atoms with Crippen molar-refractivity contribution in [1.29, 1.82) is 0 Å². The fraction of sp³-hybridized carbons (Fsp3) is 0.538. The first-order valence-electron chi connectivity index (χ1n) is 6.23. The number of aromatic nitrogens is 1. The summed E-state index contributed by atoms with van der Waals surface area (Å²) in [6, 6.07) is 1.16. The highest BCUT2D eigenvalue weighted by molar-refractivity contribution is 5.93. The monoisotopic (exact) mass is 252 g/mol. The quantitative estimate of drug-likeness (QED) is 0.864. The van der Waals surface area contributed by atoms with Crippen LogP contribution in [0, 0.1) is 11.7 Å². The van der Waals surface area contributed by atoms with Crippen LogP contribution in [0.25, 0.3) is 0 Å². The number of anilines is 1. The molecular formula is C13H17FN2O2. The molecule has 0 saturated heterocycles. The van der Waals surface area contributed by atoms with E-state index in [1.54, 1.807) is 0 Å². The Kier molecular flexibility index (Phi) is 3.79. The molecule has 98 valence electrons. The lowest BCUT2D eigenvalue weighted by molar-refractivity contribution is 0.0697. The van der Waals surface area contributed by atoms with E-state index in [1.165, 1.54) is 12.8 Å². The number of carboxylic acids is 1. The standard InChI is InChI=1S/C13H17FN2O2/c1-8(9-4-2-3-5-9)16-12-11(13(17)18)6-10(14)7-15-12/h6-9H,2-5H2,1H3,(H,15,16)(H,17,18). The van der Waals surface area contributed by atoms with Gasteiger partial charge in [-0.1, -0.05) is 12.8 Å². The molecule has 0 bridgehead atoms. The van der Waals surface area contributed by atoms with Crippen LogP contribution >= 0.6 is 0 Å². The van der Waals surface area contributed by atoms with Crippen LogP contribution in [-0.4, -0.2) is 22.1 Å². The fourth-order valence-corrected chi connectivity index (χ4v) is 2.51. The van der Waals surface area contributed by atoms with Crippen molar-refractivity contribution in [2.24, 2.45) is 5.92 Å². The zero-order valence-electron chi connectivity index (χ0n) is 10.3. The molecule has 0 aliphatic heterocycles. The molecule has 1 atom stereocenters. The predicted octanol–water partition coefficient (Wildman–Crippen LogP) is 2.91. The SMILES string of the molecule is CC(Nc1ncc(F)cc1C(=O)O)C1CCCC1. The van der Waals surface area contributed by atoms with Gasteiger partial charge in [-0.3, -0.25) is 0 Å². The minimum Gasteiger partial charge on any atom is -0.478 e. The minimum atomic E-state index is -1.16. The Morgan fingerprint density at radius 1 is 1.56 bits per heavy atom. The van der Waals surface area contributed by atoms with E-state index in [0.29, 0.717) is 5.92 Å². The third-order valence-corrected chi connectivity index (χ3v) is 3.56. The van der Waals surface area contributed by atoms with E-state index < -0.39 is 11.8 Å². The second-order valence-electron chi connectivity index (χ2n) is 4.83. The average molecular weight is 252 g/mol. The summed E-state index contributed by atoms with van der Waals surface area (Å²) in [6.45, 7) is 2.02. The molecule has 18 heavy (non-hydrogen) atoms. The van der Waals surface area contributed by atoms with Crippen molar-refractivity contribution < 1.29 is 14.3 Å². The summed E-state index contributed by atoms with van der Waals surface area (Å²) in [5, 5.41) is 12.1. The Balaban J connectivity index is 2.15. The molecular weight excluding hydrogens is 235 g/mol. The van der Waals surface area contributed by atoms with Crippen molar-refractivity contribution in [2.45, 2.75) is 38.6 Å². The minimum absolute atomic E-state index is 0.111. The first-order valence-corrected chi connectivity index (χ1v) is 6.23. The first kappa shape index (κ1) is 12.8. The Morgan fingerprint density at radius 3 is 2.83 bits per heavy atom. The molecule has 0 aromatic carbocycles. The molecule has 2 N–H and O–H groups in total. The largest absolute Gasteiger partial charge is 0.478 e. The maximum Gasteiger partial charge on any atom is 0.339 e. The van der Waals surface area contributed by atoms with E-state index in [-0.39, 0.29) is 17.4 Å². The molecule has 0 spiro atoms. The first-order chi connectivity index (χ1) is 8.58. The highest BCUT2D eigenvalue weighted by atomic mass is 19.1. The van der Waals surface area contributed by atoms with Crippen LogP contribution in [0.3, 0.4) is 0 Å². The van der Waals surface area contributed by atoms with Crippen molar-refractivity contribution in [3.63, 3.8) is 0 Å². The maximum atomic E-state index is 13.0. The summed E-state index contributed by atoms with van der Waals surface area (Å²) in [4.78, 5) is 14.9. The van der Waals surface area contributed by atoms with E-state index in [2.05, 4.69) is 10.3 Å². The van der Waals surface area contributed by atoms with Crippen LogP contribution in [-0.2, 0) is 0 Å². The molecule has 1 aliphatic rings. The predicted molar refractivity (Wildman–Crippen MR) is 66.2 cm³/mol. The van der Waals surface area contributed by atoms with E-state index in [1.807, 2.05) is 6.92 Å². The maximum absolute atomic E-state index is 13.0. The van der Waals surface area contributed by atoms with Gasteiger partial charge in [0.05, 0.1) is 6.20 Å². The van der Waals surface area contributed by atoms with Gasteiger partial charge >= 0.3 is 5.97 Å². The molecule has 1 aromatic heterocycles. The molecule has 1 saturated carbocycles. The highest BCUT2D eigenvalue weighted by Gasteiger charge is 2.23. The molecule has 1 fully saturated rings. The molecule has 2 rings (SSSR count). The van der Waals surface area contributed by atoms with Gasteiger partial charge in [0.1, 0.15) is 17.2 Å². The highest BCUT2D eigenvalue weighted by Crippen LogP contribution is 2.29. The Bertz CT molecular complexity index is 445. The van der Waals surface area contributed by atoms with E-state index in [4.69, 9.17) is 5.11 Å². The summed E-state index contributed by atoms with van der Waals surface area (Å²) < 4.78 is 13.0. The normalized spacial score (nSPS) is 17.7. The number of nitrogens with zero attached hydrogens (tertiary/aromatic N) is 1. The van der Waals surface area contributed by atoms with Crippen LogP contribution in [0.4, 0.5) is 10.2 Å². The van der Waals surface area contributed by atoms with Gasteiger partial charge in [-0.25, -0.2) is 14.2 Å². The van der Waals surface area contributed by atoms with Gasteiger partial charge in [0.15, 0.2) is 0 Å². The topological polar surface area (TPSA) is 62.2 Å². The molecule has 4 nitrogen and oxygen atoms in total. The molecule has 1 heterocycles. The van der Waals surface area contributed by atoms with Crippen LogP contribution in [0.5, 0.6) is 0 Å². The molecule has 0 amide bonds. The number of hydrogen-bond acceptors (Lipinski definition) is 3. The zero-order valence-corrected chi connectivity index (χ0v) is 10.3. The van der Waals surface area contributed by atoms with E-state index in [0.717, 1.165) is 25.1 Å². The van der Waals surface area contributed by atoms with Crippen LogP contribution < -0.4 is 5.32 Å². The van der Waals surface area contributed by atoms with E-state index >= 15 is 0 Å². The van der Waals surface area contributed by atoms with Crippen LogP contribution in [0.1, 0.15) is 43.0 Å². The van der Waals surface area contributed by atoms with E-state index in [9.17, 15) is 9.18 Å². The third kappa shape index (κ3) is 2.78. The number of carboxylic acid groups (broad SMARTS) is 1. The number of aromatic carboxylic acids is 1. The molecule has 5 heteroatoms. The summed E-state index contributed by atoms with van der Waals surface area (Å²) in [5.74, 6) is -1.00. The Morgan fingerprint density at radius 2 is 2.22 bits per heavy atom. The van der Waals surface area contributed by atoms with Crippen molar-refractivity contribution >= 4 is 11.8 Å².